The summed E-state index contributed by atoms with van der Waals surface area (Å²) >= 11 is 0. The molecule has 0 spiro atoms. The Morgan fingerprint density at radius 3 is 1.54 bits per heavy atom. The summed E-state index contributed by atoms with van der Waals surface area (Å²) in [4.78, 5) is 0. The van der Waals surface area contributed by atoms with Gasteiger partial charge in [0.2, 0.25) is 0 Å². The molecule has 4 rings (SSSR count). The predicted molar refractivity (Wildman–Crippen MR) is 112 cm³/mol. The summed E-state index contributed by atoms with van der Waals surface area (Å²) in [5.41, 5.74) is 15.4. The van der Waals surface area contributed by atoms with E-state index in [0.717, 1.165) is 22.4 Å². The molecule has 26 heavy (non-hydrogen) atoms. The van der Waals surface area contributed by atoms with Crippen LogP contribution in [0.15, 0.2) is 97.1 Å². The Bertz CT molecular complexity index is 1020. The molecule has 0 saturated heterocycles. The Hall–Kier alpha value is -3.32. The number of hydrogen-bond donors (Lipinski definition) is 1. The zero-order valence-electron chi connectivity index (χ0n) is 14.8. The van der Waals surface area contributed by atoms with Gasteiger partial charge in [-0.15, -0.1) is 0 Å². The molecule has 4 aromatic rings. The monoisotopic (exact) mass is 335 g/mol. The summed E-state index contributed by atoms with van der Waals surface area (Å²) in [7, 11) is 0. The van der Waals surface area contributed by atoms with E-state index in [9.17, 15) is 0 Å². The maximum Gasteiger partial charge on any atom is 0.0423 e. The number of nitrogen functional groups attached to an aromatic ring is 1. The quantitative estimate of drug-likeness (QED) is 0.421. The largest absolute Gasteiger partial charge is 0.398 e. The maximum absolute atomic E-state index is 6.36. The van der Waals surface area contributed by atoms with Crippen LogP contribution >= 0.6 is 0 Å². The normalized spacial score (nSPS) is 10.7. The molecule has 0 amide bonds. The van der Waals surface area contributed by atoms with Crippen LogP contribution < -0.4 is 5.73 Å². The van der Waals surface area contributed by atoms with Crippen LogP contribution in [0, 0.1) is 6.92 Å². The first-order valence-electron chi connectivity index (χ1n) is 8.84. The summed E-state index contributed by atoms with van der Waals surface area (Å²) in [6, 6.07) is 33.9. The van der Waals surface area contributed by atoms with Crippen molar-refractivity contribution in [1.29, 1.82) is 0 Å². The van der Waals surface area contributed by atoms with E-state index in [4.69, 9.17) is 5.73 Å². The van der Waals surface area contributed by atoms with Gasteiger partial charge in [-0.3, -0.25) is 0 Å². The molecule has 0 fully saturated rings. The van der Waals surface area contributed by atoms with Crippen LogP contribution in [0.25, 0.3) is 33.4 Å². The van der Waals surface area contributed by atoms with E-state index < -0.39 is 0 Å². The van der Waals surface area contributed by atoms with E-state index in [0.29, 0.717) is 0 Å². The molecule has 126 valence electrons. The minimum absolute atomic E-state index is 0.848. The fourth-order valence-electron chi connectivity index (χ4n) is 3.31. The lowest BCUT2D eigenvalue weighted by Crippen LogP contribution is -1.95. The second-order valence-corrected chi connectivity index (χ2v) is 6.56. The van der Waals surface area contributed by atoms with Crippen molar-refractivity contribution in [3.8, 4) is 33.4 Å². The highest BCUT2D eigenvalue weighted by Crippen LogP contribution is 2.34. The zero-order chi connectivity index (χ0) is 17.9. The molecular formula is C25H21N. The fourth-order valence-corrected chi connectivity index (χ4v) is 3.31. The van der Waals surface area contributed by atoms with Crippen molar-refractivity contribution < 1.29 is 0 Å². The number of aryl methyl sites for hydroxylation is 1. The molecule has 2 N–H and O–H groups in total. The lowest BCUT2D eigenvalue weighted by atomic mass is 9.94. The second-order valence-electron chi connectivity index (χ2n) is 6.56. The number of anilines is 1. The summed E-state index contributed by atoms with van der Waals surface area (Å²) in [6.45, 7) is 2.07. The van der Waals surface area contributed by atoms with Gasteiger partial charge in [0.05, 0.1) is 0 Å². The number of benzene rings is 4. The van der Waals surface area contributed by atoms with Gasteiger partial charge in [0.25, 0.3) is 0 Å². The van der Waals surface area contributed by atoms with Crippen LogP contribution in [0.1, 0.15) is 5.56 Å². The predicted octanol–water partition coefficient (Wildman–Crippen LogP) is 6.58. The van der Waals surface area contributed by atoms with Crippen molar-refractivity contribution in [2.45, 2.75) is 6.92 Å². The zero-order valence-corrected chi connectivity index (χ0v) is 14.8. The van der Waals surface area contributed by atoms with Gasteiger partial charge in [0.15, 0.2) is 0 Å². The molecule has 0 bridgehead atoms. The second kappa shape index (κ2) is 6.89. The highest BCUT2D eigenvalue weighted by molar-refractivity contribution is 5.84. The number of rotatable bonds is 3. The molecule has 4 aromatic carbocycles. The number of nitrogens with two attached hydrogens (primary N) is 1. The summed E-state index contributed by atoms with van der Waals surface area (Å²) in [6.07, 6.45) is 0. The van der Waals surface area contributed by atoms with Crippen LogP contribution in [0.2, 0.25) is 0 Å². The minimum Gasteiger partial charge on any atom is -0.398 e. The average Bonchev–Trinajstić information content (AvgIpc) is 2.71. The molecule has 0 aliphatic carbocycles. The third-order valence-corrected chi connectivity index (χ3v) is 4.80. The molecule has 0 aliphatic rings. The van der Waals surface area contributed by atoms with E-state index in [1.54, 1.807) is 0 Å². The summed E-state index contributed by atoms with van der Waals surface area (Å²) in [5.74, 6) is 0. The first-order valence-corrected chi connectivity index (χ1v) is 8.84. The molecule has 0 radical (unpaired) electrons. The van der Waals surface area contributed by atoms with Crippen LogP contribution in [-0.2, 0) is 0 Å². The minimum atomic E-state index is 0.848. The van der Waals surface area contributed by atoms with E-state index in [1.807, 2.05) is 24.3 Å². The van der Waals surface area contributed by atoms with Crippen molar-refractivity contribution in [1.82, 2.24) is 0 Å². The van der Waals surface area contributed by atoms with Gasteiger partial charge in [-0.05, 0) is 52.4 Å². The standard InChI is InChI=1S/C25H21N/c1-18-16-23(17-24(25(18)26)22-10-6-3-7-11-22)21-14-12-20(13-15-21)19-8-4-2-5-9-19/h2-17H,26H2,1H3. The summed E-state index contributed by atoms with van der Waals surface area (Å²) in [5, 5.41) is 0. The highest BCUT2D eigenvalue weighted by atomic mass is 14.6. The third kappa shape index (κ3) is 3.12. The van der Waals surface area contributed by atoms with Gasteiger partial charge in [-0.1, -0.05) is 84.9 Å². The number of hydrogen-bond acceptors (Lipinski definition) is 1. The molecule has 0 unspecified atom stereocenters. The van der Waals surface area contributed by atoms with E-state index in [2.05, 4.69) is 79.7 Å². The van der Waals surface area contributed by atoms with E-state index in [-0.39, 0.29) is 0 Å². The smallest absolute Gasteiger partial charge is 0.0423 e. The third-order valence-electron chi connectivity index (χ3n) is 4.80. The van der Waals surface area contributed by atoms with E-state index in [1.165, 1.54) is 22.3 Å². The van der Waals surface area contributed by atoms with Crippen LogP contribution in [0.5, 0.6) is 0 Å². The van der Waals surface area contributed by atoms with Crippen LogP contribution in [0.3, 0.4) is 0 Å². The van der Waals surface area contributed by atoms with Crippen molar-refractivity contribution in [3.05, 3.63) is 103 Å². The fraction of sp³-hybridized carbons (Fsp3) is 0.0400. The Kier molecular flexibility index (Phi) is 4.28. The Morgan fingerprint density at radius 2 is 0.962 bits per heavy atom. The lowest BCUT2D eigenvalue weighted by Gasteiger charge is -2.13. The highest BCUT2D eigenvalue weighted by Gasteiger charge is 2.09. The SMILES string of the molecule is Cc1cc(-c2ccc(-c3ccccc3)cc2)cc(-c2ccccc2)c1N. The van der Waals surface area contributed by atoms with Crippen molar-refractivity contribution in [2.24, 2.45) is 0 Å². The van der Waals surface area contributed by atoms with Gasteiger partial charge in [0.1, 0.15) is 0 Å². The molecule has 1 heteroatoms. The molecule has 1 nitrogen and oxygen atoms in total. The molecule has 0 saturated carbocycles. The van der Waals surface area contributed by atoms with Crippen molar-refractivity contribution in [3.63, 3.8) is 0 Å². The lowest BCUT2D eigenvalue weighted by molar-refractivity contribution is 1.46. The van der Waals surface area contributed by atoms with Crippen LogP contribution in [-0.4, -0.2) is 0 Å². The Morgan fingerprint density at radius 1 is 0.500 bits per heavy atom. The summed E-state index contributed by atoms with van der Waals surface area (Å²) < 4.78 is 0. The topological polar surface area (TPSA) is 26.0 Å². The van der Waals surface area contributed by atoms with Crippen LogP contribution in [0.4, 0.5) is 5.69 Å². The molecule has 0 atom stereocenters. The van der Waals surface area contributed by atoms with Gasteiger partial charge in [-0.2, -0.15) is 0 Å². The Labute approximate surface area is 154 Å². The Balaban J connectivity index is 1.75. The van der Waals surface area contributed by atoms with Crippen molar-refractivity contribution in [2.75, 3.05) is 5.73 Å². The molecule has 0 aliphatic heterocycles. The van der Waals surface area contributed by atoms with Gasteiger partial charge in [0, 0.05) is 11.3 Å². The van der Waals surface area contributed by atoms with E-state index >= 15 is 0 Å². The molecular weight excluding hydrogens is 314 g/mol. The first-order chi connectivity index (χ1) is 12.7. The van der Waals surface area contributed by atoms with Gasteiger partial charge in [-0.25, -0.2) is 0 Å². The van der Waals surface area contributed by atoms with Gasteiger partial charge < -0.3 is 5.73 Å². The molecule has 0 heterocycles. The average molecular weight is 335 g/mol. The molecule has 0 aromatic heterocycles. The maximum atomic E-state index is 6.36. The van der Waals surface area contributed by atoms with Gasteiger partial charge >= 0.3 is 0 Å². The first kappa shape index (κ1) is 16.2. The van der Waals surface area contributed by atoms with Crippen molar-refractivity contribution >= 4 is 5.69 Å².